The second kappa shape index (κ2) is 10.0. The number of halogens is 5. The first-order chi connectivity index (χ1) is 14.7. The number of benzene rings is 2. The molecule has 0 spiro atoms. The van der Waals surface area contributed by atoms with Gasteiger partial charge in [0.15, 0.2) is 0 Å². The first-order valence-corrected chi connectivity index (χ1v) is 9.61. The Kier molecular flexibility index (Phi) is 7.42. The number of anilines is 1. The van der Waals surface area contributed by atoms with Crippen molar-refractivity contribution in [1.29, 1.82) is 0 Å². The Morgan fingerprint density at radius 1 is 1.16 bits per heavy atom. The van der Waals surface area contributed by atoms with Crippen LogP contribution in [0.5, 0.6) is 5.75 Å². The maximum Gasteiger partial charge on any atom is 0.411 e. The van der Waals surface area contributed by atoms with Gasteiger partial charge in [-0.1, -0.05) is 41.4 Å². The molecule has 0 atom stereocenters. The molecule has 1 N–H and O–H groups in total. The fourth-order valence-corrected chi connectivity index (χ4v) is 2.86. The molecule has 3 rings (SSSR count). The predicted octanol–water partition coefficient (Wildman–Crippen LogP) is 5.56. The number of rotatable bonds is 8. The second-order valence-electron chi connectivity index (χ2n) is 6.36. The summed E-state index contributed by atoms with van der Waals surface area (Å²) in [6.45, 7) is -1.62. The van der Waals surface area contributed by atoms with Crippen molar-refractivity contribution in [2.45, 2.75) is 19.5 Å². The van der Waals surface area contributed by atoms with Crippen molar-refractivity contribution in [1.82, 2.24) is 9.78 Å². The predicted molar refractivity (Wildman–Crippen MR) is 109 cm³/mol. The van der Waals surface area contributed by atoms with Crippen LogP contribution in [0.2, 0.25) is 10.0 Å². The Morgan fingerprint density at radius 2 is 1.94 bits per heavy atom. The standard InChI is InChI=1S/C20H16Cl2F3N3O3/c21-16-5-2-6-17(18(16)22)31-10-13-3-1-4-14(7-13)19(29)27-15-8-26-28(9-15)12-30-11-20(23,24)25/h1-9H,10-12H2,(H,27,29). The van der Waals surface area contributed by atoms with E-state index in [2.05, 4.69) is 15.2 Å². The Labute approximate surface area is 185 Å². The van der Waals surface area contributed by atoms with Crippen molar-refractivity contribution >= 4 is 34.8 Å². The molecule has 0 aliphatic rings. The molecule has 0 radical (unpaired) electrons. The zero-order valence-electron chi connectivity index (χ0n) is 15.8. The van der Waals surface area contributed by atoms with Gasteiger partial charge in [-0.05, 0) is 29.8 Å². The average molecular weight is 474 g/mol. The summed E-state index contributed by atoms with van der Waals surface area (Å²) in [6.07, 6.45) is -1.75. The van der Waals surface area contributed by atoms with Gasteiger partial charge < -0.3 is 14.8 Å². The molecule has 164 valence electrons. The lowest BCUT2D eigenvalue weighted by molar-refractivity contribution is -0.182. The number of aromatic nitrogens is 2. The highest BCUT2D eigenvalue weighted by molar-refractivity contribution is 6.42. The molecule has 0 fully saturated rings. The third-order valence-electron chi connectivity index (χ3n) is 3.88. The SMILES string of the molecule is O=C(Nc1cnn(COCC(F)(F)F)c1)c1cccc(COc2cccc(Cl)c2Cl)c1. The second-order valence-corrected chi connectivity index (χ2v) is 7.14. The lowest BCUT2D eigenvalue weighted by Gasteiger charge is -2.10. The van der Waals surface area contributed by atoms with Crippen LogP contribution in [0, 0.1) is 0 Å². The van der Waals surface area contributed by atoms with E-state index in [1.165, 1.54) is 12.4 Å². The molecular formula is C20H16Cl2F3N3O3. The summed E-state index contributed by atoms with van der Waals surface area (Å²) < 4.78 is 47.7. The molecule has 11 heteroatoms. The molecule has 2 aromatic carbocycles. The van der Waals surface area contributed by atoms with Crippen molar-refractivity contribution in [3.63, 3.8) is 0 Å². The molecule has 0 saturated carbocycles. The molecule has 31 heavy (non-hydrogen) atoms. The summed E-state index contributed by atoms with van der Waals surface area (Å²) in [6, 6.07) is 11.8. The summed E-state index contributed by atoms with van der Waals surface area (Å²) in [7, 11) is 0. The topological polar surface area (TPSA) is 65.4 Å². The largest absolute Gasteiger partial charge is 0.487 e. The maximum atomic E-state index is 12.5. The molecule has 0 saturated heterocycles. The lowest BCUT2D eigenvalue weighted by atomic mass is 10.1. The third-order valence-corrected chi connectivity index (χ3v) is 4.68. The maximum absolute atomic E-state index is 12.5. The monoisotopic (exact) mass is 473 g/mol. The Bertz CT molecular complexity index is 1060. The smallest absolute Gasteiger partial charge is 0.411 e. The average Bonchev–Trinajstić information content (AvgIpc) is 3.15. The van der Waals surface area contributed by atoms with E-state index in [-0.39, 0.29) is 6.61 Å². The first kappa shape index (κ1) is 22.9. The van der Waals surface area contributed by atoms with E-state index in [9.17, 15) is 18.0 Å². The van der Waals surface area contributed by atoms with Gasteiger partial charge in [0.25, 0.3) is 5.91 Å². The van der Waals surface area contributed by atoms with Gasteiger partial charge in [0.05, 0.1) is 23.1 Å². The van der Waals surface area contributed by atoms with E-state index < -0.39 is 25.4 Å². The summed E-state index contributed by atoms with van der Waals surface area (Å²) in [5.41, 5.74) is 1.40. The first-order valence-electron chi connectivity index (χ1n) is 8.85. The number of hydrogen-bond acceptors (Lipinski definition) is 4. The zero-order valence-corrected chi connectivity index (χ0v) is 17.3. The number of carbonyl (C=O) groups excluding carboxylic acids is 1. The van der Waals surface area contributed by atoms with E-state index in [4.69, 9.17) is 27.9 Å². The highest BCUT2D eigenvalue weighted by Crippen LogP contribution is 2.32. The van der Waals surface area contributed by atoms with E-state index in [1.54, 1.807) is 42.5 Å². The molecule has 0 unspecified atom stereocenters. The number of amides is 1. The molecular weight excluding hydrogens is 458 g/mol. The minimum Gasteiger partial charge on any atom is -0.487 e. The molecule has 0 bridgehead atoms. The van der Waals surface area contributed by atoms with Crippen LogP contribution in [0.4, 0.5) is 18.9 Å². The molecule has 6 nitrogen and oxygen atoms in total. The molecule has 1 aromatic heterocycles. The number of nitrogens with zero attached hydrogens (tertiary/aromatic N) is 2. The van der Waals surface area contributed by atoms with E-state index in [0.717, 1.165) is 10.2 Å². The van der Waals surface area contributed by atoms with Gasteiger partial charge in [-0.25, -0.2) is 4.68 Å². The Hall–Kier alpha value is -2.75. The fraction of sp³-hybridized carbons (Fsp3) is 0.200. The van der Waals surface area contributed by atoms with Crippen LogP contribution in [0.1, 0.15) is 15.9 Å². The Balaban J connectivity index is 1.57. The van der Waals surface area contributed by atoms with Gasteiger partial charge in [-0.2, -0.15) is 18.3 Å². The van der Waals surface area contributed by atoms with Crippen LogP contribution in [0.25, 0.3) is 0 Å². The fourth-order valence-electron chi connectivity index (χ4n) is 2.52. The van der Waals surface area contributed by atoms with Crippen molar-refractivity contribution < 1.29 is 27.4 Å². The highest BCUT2D eigenvalue weighted by atomic mass is 35.5. The summed E-state index contributed by atoms with van der Waals surface area (Å²) in [5, 5.41) is 7.14. The van der Waals surface area contributed by atoms with Gasteiger partial charge in [-0.3, -0.25) is 4.79 Å². The van der Waals surface area contributed by atoms with E-state index in [1.807, 2.05) is 0 Å². The summed E-state index contributed by atoms with van der Waals surface area (Å²) in [5.74, 6) is 0.00238. The summed E-state index contributed by atoms with van der Waals surface area (Å²) >= 11 is 12.1. The zero-order chi connectivity index (χ0) is 22.4. The lowest BCUT2D eigenvalue weighted by Crippen LogP contribution is -2.18. The molecule has 1 amide bonds. The summed E-state index contributed by atoms with van der Waals surface area (Å²) in [4.78, 5) is 12.5. The van der Waals surface area contributed by atoms with Crippen LogP contribution < -0.4 is 10.1 Å². The minimum atomic E-state index is -4.42. The van der Waals surface area contributed by atoms with Gasteiger partial charge in [0.2, 0.25) is 0 Å². The van der Waals surface area contributed by atoms with Crippen LogP contribution in [-0.2, 0) is 18.1 Å². The minimum absolute atomic E-state index is 0.162. The number of carbonyl (C=O) groups is 1. The highest BCUT2D eigenvalue weighted by Gasteiger charge is 2.27. The normalized spacial score (nSPS) is 11.4. The third kappa shape index (κ3) is 6.88. The van der Waals surface area contributed by atoms with Gasteiger partial charge in [0.1, 0.15) is 30.7 Å². The van der Waals surface area contributed by atoms with Gasteiger partial charge in [-0.15, -0.1) is 0 Å². The van der Waals surface area contributed by atoms with Crippen molar-refractivity contribution in [3.05, 3.63) is 76.0 Å². The molecule has 3 aromatic rings. The molecule has 0 aliphatic heterocycles. The number of ether oxygens (including phenoxy) is 2. The van der Waals surface area contributed by atoms with Crippen molar-refractivity contribution in [3.8, 4) is 5.75 Å². The quantitative estimate of drug-likeness (QED) is 0.465. The van der Waals surface area contributed by atoms with E-state index >= 15 is 0 Å². The number of alkyl halides is 3. The van der Waals surface area contributed by atoms with E-state index in [0.29, 0.717) is 27.0 Å². The van der Waals surface area contributed by atoms with Crippen LogP contribution >= 0.6 is 23.2 Å². The van der Waals surface area contributed by atoms with Crippen LogP contribution in [0.15, 0.2) is 54.9 Å². The van der Waals surface area contributed by atoms with Crippen LogP contribution in [0.3, 0.4) is 0 Å². The number of nitrogens with one attached hydrogen (secondary N) is 1. The van der Waals surface area contributed by atoms with Gasteiger partial charge >= 0.3 is 6.18 Å². The van der Waals surface area contributed by atoms with Gasteiger partial charge in [0, 0.05) is 5.56 Å². The molecule has 0 aliphatic carbocycles. The van der Waals surface area contributed by atoms with Crippen molar-refractivity contribution in [2.75, 3.05) is 11.9 Å². The van der Waals surface area contributed by atoms with Crippen LogP contribution in [-0.4, -0.2) is 28.5 Å². The Morgan fingerprint density at radius 3 is 2.71 bits per heavy atom. The molecule has 1 heterocycles. The van der Waals surface area contributed by atoms with Crippen molar-refractivity contribution in [2.24, 2.45) is 0 Å². The number of hydrogen-bond donors (Lipinski definition) is 1.